The molecule has 1 fully saturated rings. The molecule has 3 aromatic rings. The van der Waals surface area contributed by atoms with Crippen molar-refractivity contribution in [1.29, 1.82) is 0 Å². The fourth-order valence-corrected chi connectivity index (χ4v) is 7.22. The van der Waals surface area contributed by atoms with Crippen LogP contribution in [0.4, 0.5) is 0 Å². The van der Waals surface area contributed by atoms with Crippen LogP contribution in [0.15, 0.2) is 63.5 Å². The Balaban J connectivity index is 1.66. The zero-order valence-corrected chi connectivity index (χ0v) is 27.1. The highest BCUT2D eigenvalue weighted by Crippen LogP contribution is 2.54. The Morgan fingerprint density at radius 1 is 0.878 bits per heavy atom. The van der Waals surface area contributed by atoms with Crippen molar-refractivity contribution in [3.63, 3.8) is 0 Å². The molecule has 41 heavy (non-hydrogen) atoms. The molecule has 3 aromatic carbocycles. The molecule has 216 valence electrons. The Morgan fingerprint density at radius 2 is 1.41 bits per heavy atom. The molecule has 0 spiro atoms. The molecule has 7 heteroatoms. The lowest BCUT2D eigenvalue weighted by atomic mass is 9.59. The van der Waals surface area contributed by atoms with E-state index in [1.807, 2.05) is 13.8 Å². The Bertz CT molecular complexity index is 1460. The van der Waals surface area contributed by atoms with E-state index in [0.29, 0.717) is 24.0 Å². The number of benzene rings is 3. The standard InChI is InChI=1S/C34H36Br2O5/c1-20(2)26-18-23-10-15-28-33(3,4)16-5-17-34(28,39)19-27(23)30(41-32(38)22-8-13-25(36)14-9-22)29(26)40-31(37)21-6-11-24(35)12-7-21/h6-9,11-14,18,20,28,39H,5,10,15-17,19H2,1-4H3/t28-,34-/m0/s1. The summed E-state index contributed by atoms with van der Waals surface area (Å²) in [7, 11) is 0. The van der Waals surface area contributed by atoms with E-state index in [2.05, 4.69) is 51.8 Å². The lowest BCUT2D eigenvalue weighted by Gasteiger charge is -2.49. The van der Waals surface area contributed by atoms with Gasteiger partial charge in [-0.2, -0.15) is 0 Å². The highest BCUT2D eigenvalue weighted by molar-refractivity contribution is 9.10. The molecule has 0 aliphatic heterocycles. The molecule has 5 rings (SSSR count). The average molecular weight is 684 g/mol. The minimum Gasteiger partial charge on any atom is -0.419 e. The SMILES string of the molecule is CC(C)c1cc2c(c(OC(=O)c3ccc(Br)cc3)c1OC(=O)c1ccc(Br)cc1)C[C@@]1(O)CCCC(C)(C)[C@@H]1CC2. The first-order chi connectivity index (χ1) is 19.4. The van der Waals surface area contributed by atoms with E-state index in [0.717, 1.165) is 51.3 Å². The molecule has 0 bridgehead atoms. The van der Waals surface area contributed by atoms with E-state index in [1.54, 1.807) is 48.5 Å². The number of hydrogen-bond acceptors (Lipinski definition) is 5. The monoisotopic (exact) mass is 682 g/mol. The van der Waals surface area contributed by atoms with Gasteiger partial charge in [-0.1, -0.05) is 72.0 Å². The highest BCUT2D eigenvalue weighted by atomic mass is 79.9. The molecule has 0 saturated heterocycles. The van der Waals surface area contributed by atoms with Crippen LogP contribution in [0.2, 0.25) is 0 Å². The second-order valence-corrected chi connectivity index (χ2v) is 14.3. The highest BCUT2D eigenvalue weighted by Gasteiger charge is 2.50. The lowest BCUT2D eigenvalue weighted by Crippen LogP contribution is -2.50. The van der Waals surface area contributed by atoms with Gasteiger partial charge in [-0.15, -0.1) is 0 Å². The molecule has 2 aliphatic rings. The number of carbonyl (C=O) groups excluding carboxylic acids is 2. The van der Waals surface area contributed by atoms with Gasteiger partial charge in [0, 0.05) is 26.5 Å². The van der Waals surface area contributed by atoms with E-state index in [4.69, 9.17) is 9.47 Å². The van der Waals surface area contributed by atoms with E-state index in [1.165, 1.54) is 0 Å². The predicted octanol–water partition coefficient (Wildman–Crippen LogP) is 8.82. The van der Waals surface area contributed by atoms with Crippen LogP contribution in [-0.4, -0.2) is 22.6 Å². The van der Waals surface area contributed by atoms with Crippen LogP contribution in [0, 0.1) is 11.3 Å². The van der Waals surface area contributed by atoms with E-state index in [-0.39, 0.29) is 28.7 Å². The summed E-state index contributed by atoms with van der Waals surface area (Å²) >= 11 is 6.83. The maximum Gasteiger partial charge on any atom is 0.343 e. The van der Waals surface area contributed by atoms with Gasteiger partial charge in [0.1, 0.15) is 0 Å². The number of fused-ring (bicyclic) bond motifs is 2. The first-order valence-corrected chi connectivity index (χ1v) is 15.8. The van der Waals surface area contributed by atoms with E-state index >= 15 is 0 Å². The van der Waals surface area contributed by atoms with Gasteiger partial charge in [-0.25, -0.2) is 9.59 Å². The van der Waals surface area contributed by atoms with Gasteiger partial charge >= 0.3 is 11.9 Å². The summed E-state index contributed by atoms with van der Waals surface area (Å²) in [5.74, 6) is -0.510. The Morgan fingerprint density at radius 3 is 1.95 bits per heavy atom. The molecule has 0 unspecified atom stereocenters. The summed E-state index contributed by atoms with van der Waals surface area (Å²) in [4.78, 5) is 27.0. The second kappa shape index (κ2) is 11.7. The first kappa shape index (κ1) is 30.0. The molecule has 0 aromatic heterocycles. The normalized spacial score (nSPS) is 21.4. The van der Waals surface area contributed by atoms with Crippen LogP contribution in [0.5, 0.6) is 11.5 Å². The number of aryl methyl sites for hydroxylation is 1. The molecule has 0 radical (unpaired) electrons. The molecular weight excluding hydrogens is 648 g/mol. The molecule has 2 atom stereocenters. The third-order valence-corrected chi connectivity index (χ3v) is 9.90. The zero-order valence-electron chi connectivity index (χ0n) is 23.9. The molecule has 0 amide bonds. The third-order valence-electron chi connectivity index (χ3n) is 8.84. The summed E-state index contributed by atoms with van der Waals surface area (Å²) in [5, 5.41) is 12.2. The summed E-state index contributed by atoms with van der Waals surface area (Å²) in [5.41, 5.74) is 2.39. The minimum atomic E-state index is -0.946. The third kappa shape index (κ3) is 6.18. The summed E-state index contributed by atoms with van der Waals surface area (Å²) in [6.07, 6.45) is 4.59. The molecule has 2 aliphatic carbocycles. The maximum absolute atomic E-state index is 13.5. The zero-order chi connectivity index (χ0) is 29.5. The molecule has 5 nitrogen and oxygen atoms in total. The van der Waals surface area contributed by atoms with Gasteiger partial charge in [0.25, 0.3) is 0 Å². The molecule has 1 saturated carbocycles. The summed E-state index contributed by atoms with van der Waals surface area (Å²) in [6.45, 7) is 8.56. The number of hydrogen-bond donors (Lipinski definition) is 1. The van der Waals surface area contributed by atoms with Crippen molar-refractivity contribution in [3.05, 3.63) is 91.4 Å². The van der Waals surface area contributed by atoms with E-state index in [9.17, 15) is 14.7 Å². The van der Waals surface area contributed by atoms with Gasteiger partial charge in [0.05, 0.1) is 16.7 Å². The van der Waals surface area contributed by atoms with Crippen LogP contribution in [0.3, 0.4) is 0 Å². The quantitative estimate of drug-likeness (QED) is 0.215. The number of ether oxygens (including phenoxy) is 2. The maximum atomic E-state index is 13.5. The smallest absolute Gasteiger partial charge is 0.343 e. The number of esters is 2. The van der Waals surface area contributed by atoms with Crippen molar-refractivity contribution in [3.8, 4) is 11.5 Å². The van der Waals surface area contributed by atoms with Crippen molar-refractivity contribution in [2.75, 3.05) is 0 Å². The van der Waals surface area contributed by atoms with Gasteiger partial charge in [0.15, 0.2) is 11.5 Å². The van der Waals surface area contributed by atoms with Crippen molar-refractivity contribution in [2.24, 2.45) is 11.3 Å². The van der Waals surface area contributed by atoms with Gasteiger partial charge in [0.2, 0.25) is 0 Å². The average Bonchev–Trinajstić information content (AvgIpc) is 3.06. The van der Waals surface area contributed by atoms with Gasteiger partial charge < -0.3 is 14.6 Å². The predicted molar refractivity (Wildman–Crippen MR) is 167 cm³/mol. The Kier molecular flexibility index (Phi) is 8.53. The van der Waals surface area contributed by atoms with E-state index < -0.39 is 17.5 Å². The number of halogens is 2. The van der Waals surface area contributed by atoms with Crippen molar-refractivity contribution >= 4 is 43.8 Å². The Labute approximate surface area is 258 Å². The van der Waals surface area contributed by atoms with Crippen LogP contribution in [-0.2, 0) is 12.8 Å². The number of carbonyl (C=O) groups is 2. The molecule has 0 heterocycles. The van der Waals surface area contributed by atoms with Crippen LogP contribution in [0.25, 0.3) is 0 Å². The fourth-order valence-electron chi connectivity index (χ4n) is 6.69. The topological polar surface area (TPSA) is 72.8 Å². The summed E-state index contributed by atoms with van der Waals surface area (Å²) in [6, 6.07) is 16.0. The molecule has 1 N–H and O–H groups in total. The van der Waals surface area contributed by atoms with Crippen molar-refractivity contribution in [2.45, 2.75) is 77.7 Å². The number of rotatable bonds is 5. The second-order valence-electron chi connectivity index (χ2n) is 12.4. The van der Waals surface area contributed by atoms with Crippen molar-refractivity contribution in [1.82, 2.24) is 0 Å². The number of aliphatic hydroxyl groups is 1. The van der Waals surface area contributed by atoms with Gasteiger partial charge in [-0.05, 0) is 97.0 Å². The van der Waals surface area contributed by atoms with Crippen LogP contribution in [0.1, 0.15) is 96.7 Å². The summed E-state index contributed by atoms with van der Waals surface area (Å²) < 4.78 is 14.0. The largest absolute Gasteiger partial charge is 0.419 e. The van der Waals surface area contributed by atoms with Crippen LogP contribution < -0.4 is 9.47 Å². The minimum absolute atomic E-state index is 0.0109. The van der Waals surface area contributed by atoms with Crippen molar-refractivity contribution < 1.29 is 24.2 Å². The first-order valence-electron chi connectivity index (χ1n) is 14.2. The van der Waals surface area contributed by atoms with Crippen LogP contribution >= 0.6 is 31.9 Å². The molecular formula is C34H36Br2O5. The van der Waals surface area contributed by atoms with Gasteiger partial charge in [-0.3, -0.25) is 0 Å². The fraction of sp³-hybridized carbons (Fsp3) is 0.412. The Hall–Kier alpha value is -2.48. The lowest BCUT2D eigenvalue weighted by molar-refractivity contribution is -0.102.